The van der Waals surface area contributed by atoms with Gasteiger partial charge in [-0.2, -0.15) is 0 Å². The minimum absolute atomic E-state index is 0.149. The van der Waals surface area contributed by atoms with Crippen molar-refractivity contribution in [3.05, 3.63) is 16.1 Å². The SMILES string of the molecule is CCN(CC)C(=O)c1nc(C(N)=O)cs1. The van der Waals surface area contributed by atoms with Gasteiger partial charge in [-0.1, -0.05) is 0 Å². The minimum atomic E-state index is -0.607. The summed E-state index contributed by atoms with van der Waals surface area (Å²) in [7, 11) is 0. The normalized spacial score (nSPS) is 10.0. The molecule has 1 aromatic rings. The standard InChI is InChI=1S/C9H13N3O2S/c1-3-12(4-2)9(14)8-11-6(5-15-8)7(10)13/h5H,3-4H2,1-2H3,(H2,10,13). The number of hydrogen-bond acceptors (Lipinski definition) is 4. The van der Waals surface area contributed by atoms with Crippen LogP contribution in [0, 0.1) is 0 Å². The van der Waals surface area contributed by atoms with E-state index >= 15 is 0 Å². The molecule has 0 spiro atoms. The molecule has 2 N–H and O–H groups in total. The lowest BCUT2D eigenvalue weighted by atomic mass is 10.4. The predicted octanol–water partition coefficient (Wildman–Crippen LogP) is 0.724. The Labute approximate surface area is 91.9 Å². The highest BCUT2D eigenvalue weighted by Gasteiger charge is 2.17. The predicted molar refractivity (Wildman–Crippen MR) is 57.9 cm³/mol. The van der Waals surface area contributed by atoms with Gasteiger partial charge in [0, 0.05) is 18.5 Å². The molecule has 1 heterocycles. The van der Waals surface area contributed by atoms with Gasteiger partial charge < -0.3 is 10.6 Å². The van der Waals surface area contributed by atoms with Crippen LogP contribution in [-0.4, -0.2) is 34.8 Å². The molecule has 82 valence electrons. The maximum Gasteiger partial charge on any atom is 0.282 e. The minimum Gasteiger partial charge on any atom is -0.364 e. The van der Waals surface area contributed by atoms with Crippen LogP contribution >= 0.6 is 11.3 Å². The van der Waals surface area contributed by atoms with Crippen molar-refractivity contribution >= 4 is 23.2 Å². The Bertz CT molecular complexity index is 371. The van der Waals surface area contributed by atoms with Crippen molar-refractivity contribution in [2.75, 3.05) is 13.1 Å². The Hall–Kier alpha value is -1.43. The summed E-state index contributed by atoms with van der Waals surface area (Å²) in [4.78, 5) is 28.1. The summed E-state index contributed by atoms with van der Waals surface area (Å²) in [5.41, 5.74) is 5.20. The fraction of sp³-hybridized carbons (Fsp3) is 0.444. The van der Waals surface area contributed by atoms with E-state index in [1.165, 1.54) is 5.38 Å². The molecule has 0 atom stereocenters. The fourth-order valence-corrected chi connectivity index (χ4v) is 1.90. The van der Waals surface area contributed by atoms with Gasteiger partial charge in [0.2, 0.25) is 0 Å². The van der Waals surface area contributed by atoms with Gasteiger partial charge in [-0.05, 0) is 13.8 Å². The van der Waals surface area contributed by atoms with E-state index in [4.69, 9.17) is 5.73 Å². The quantitative estimate of drug-likeness (QED) is 0.823. The van der Waals surface area contributed by atoms with Gasteiger partial charge in [0.25, 0.3) is 11.8 Å². The molecular weight excluding hydrogens is 214 g/mol. The molecule has 5 nitrogen and oxygen atoms in total. The molecule has 15 heavy (non-hydrogen) atoms. The number of rotatable bonds is 4. The number of carbonyl (C=O) groups is 2. The van der Waals surface area contributed by atoms with Crippen molar-refractivity contribution in [1.82, 2.24) is 9.88 Å². The first-order chi connectivity index (χ1) is 7.10. The van der Waals surface area contributed by atoms with E-state index in [1.807, 2.05) is 13.8 Å². The average Bonchev–Trinajstić information content (AvgIpc) is 2.68. The van der Waals surface area contributed by atoms with E-state index in [1.54, 1.807) is 4.90 Å². The van der Waals surface area contributed by atoms with Gasteiger partial charge >= 0.3 is 0 Å². The van der Waals surface area contributed by atoms with Crippen LogP contribution in [0.2, 0.25) is 0 Å². The topological polar surface area (TPSA) is 76.3 Å². The molecule has 2 amide bonds. The van der Waals surface area contributed by atoms with Crippen molar-refractivity contribution < 1.29 is 9.59 Å². The lowest BCUT2D eigenvalue weighted by Crippen LogP contribution is -2.30. The molecule has 0 saturated heterocycles. The lowest BCUT2D eigenvalue weighted by molar-refractivity contribution is 0.0772. The molecule has 0 saturated carbocycles. The van der Waals surface area contributed by atoms with Crippen LogP contribution < -0.4 is 5.73 Å². The van der Waals surface area contributed by atoms with Crippen molar-refractivity contribution in [2.24, 2.45) is 5.73 Å². The molecule has 6 heteroatoms. The molecular formula is C9H13N3O2S. The summed E-state index contributed by atoms with van der Waals surface area (Å²) in [6, 6.07) is 0. The Morgan fingerprint density at radius 1 is 1.47 bits per heavy atom. The van der Waals surface area contributed by atoms with Crippen LogP contribution in [0.25, 0.3) is 0 Å². The Morgan fingerprint density at radius 2 is 2.07 bits per heavy atom. The maximum atomic E-state index is 11.8. The van der Waals surface area contributed by atoms with Crippen LogP contribution in [0.15, 0.2) is 5.38 Å². The van der Waals surface area contributed by atoms with Gasteiger partial charge in [0.05, 0.1) is 0 Å². The first-order valence-corrected chi connectivity index (χ1v) is 5.52. The van der Waals surface area contributed by atoms with Gasteiger partial charge in [-0.25, -0.2) is 4.98 Å². The second-order valence-electron chi connectivity index (χ2n) is 2.88. The van der Waals surface area contributed by atoms with Crippen molar-refractivity contribution in [2.45, 2.75) is 13.8 Å². The number of nitrogens with zero attached hydrogens (tertiary/aromatic N) is 2. The van der Waals surface area contributed by atoms with E-state index in [2.05, 4.69) is 4.98 Å². The number of carbonyl (C=O) groups excluding carboxylic acids is 2. The van der Waals surface area contributed by atoms with Gasteiger partial charge in [0.15, 0.2) is 5.01 Å². The zero-order chi connectivity index (χ0) is 11.4. The van der Waals surface area contributed by atoms with E-state index < -0.39 is 5.91 Å². The van der Waals surface area contributed by atoms with E-state index in [9.17, 15) is 9.59 Å². The summed E-state index contributed by atoms with van der Waals surface area (Å²) in [5, 5.41) is 1.81. The molecule has 0 radical (unpaired) electrons. The van der Waals surface area contributed by atoms with Crippen LogP contribution in [0.3, 0.4) is 0 Å². The fourth-order valence-electron chi connectivity index (χ4n) is 1.13. The average molecular weight is 227 g/mol. The van der Waals surface area contributed by atoms with Crippen LogP contribution in [0.1, 0.15) is 34.1 Å². The van der Waals surface area contributed by atoms with Crippen LogP contribution in [0.4, 0.5) is 0 Å². The molecule has 0 bridgehead atoms. The second kappa shape index (κ2) is 4.88. The molecule has 0 unspecified atom stereocenters. The first kappa shape index (κ1) is 11.6. The largest absolute Gasteiger partial charge is 0.364 e. The zero-order valence-corrected chi connectivity index (χ0v) is 9.50. The third-order valence-corrected chi connectivity index (χ3v) is 2.82. The summed E-state index contributed by atoms with van der Waals surface area (Å²) >= 11 is 1.14. The summed E-state index contributed by atoms with van der Waals surface area (Å²) in [5.74, 6) is -0.762. The molecule has 0 fully saturated rings. The number of nitrogens with two attached hydrogens (primary N) is 1. The summed E-state index contributed by atoms with van der Waals surface area (Å²) in [6.45, 7) is 5.04. The van der Waals surface area contributed by atoms with Crippen molar-refractivity contribution in [3.8, 4) is 0 Å². The maximum absolute atomic E-state index is 11.8. The van der Waals surface area contributed by atoms with Gasteiger partial charge in [-0.15, -0.1) is 11.3 Å². The highest BCUT2D eigenvalue weighted by molar-refractivity contribution is 7.11. The van der Waals surface area contributed by atoms with E-state index in [-0.39, 0.29) is 11.6 Å². The smallest absolute Gasteiger partial charge is 0.282 e. The molecule has 0 aromatic carbocycles. The number of amides is 2. The summed E-state index contributed by atoms with van der Waals surface area (Å²) in [6.07, 6.45) is 0. The van der Waals surface area contributed by atoms with Crippen LogP contribution in [-0.2, 0) is 0 Å². The van der Waals surface area contributed by atoms with Gasteiger partial charge in [-0.3, -0.25) is 9.59 Å². The van der Waals surface area contributed by atoms with E-state index in [0.29, 0.717) is 18.1 Å². The number of primary amides is 1. The molecule has 1 rings (SSSR count). The first-order valence-electron chi connectivity index (χ1n) is 4.64. The molecule has 1 aromatic heterocycles. The Balaban J connectivity index is 2.86. The van der Waals surface area contributed by atoms with Gasteiger partial charge in [0.1, 0.15) is 5.69 Å². The Kier molecular flexibility index (Phi) is 3.79. The summed E-state index contributed by atoms with van der Waals surface area (Å²) < 4.78 is 0. The molecule has 0 aliphatic carbocycles. The second-order valence-corrected chi connectivity index (χ2v) is 3.74. The van der Waals surface area contributed by atoms with Crippen molar-refractivity contribution in [3.63, 3.8) is 0 Å². The third kappa shape index (κ3) is 2.53. The van der Waals surface area contributed by atoms with Crippen molar-refractivity contribution in [1.29, 1.82) is 0 Å². The number of hydrogen-bond donors (Lipinski definition) is 1. The zero-order valence-electron chi connectivity index (χ0n) is 8.69. The molecule has 0 aliphatic heterocycles. The third-order valence-electron chi connectivity index (χ3n) is 1.99. The number of aromatic nitrogens is 1. The molecule has 0 aliphatic rings. The van der Waals surface area contributed by atoms with Crippen LogP contribution in [0.5, 0.6) is 0 Å². The van der Waals surface area contributed by atoms with E-state index in [0.717, 1.165) is 11.3 Å². The number of thiazole rings is 1. The Morgan fingerprint density at radius 3 is 2.47 bits per heavy atom. The monoisotopic (exact) mass is 227 g/mol. The highest BCUT2D eigenvalue weighted by Crippen LogP contribution is 2.11. The highest BCUT2D eigenvalue weighted by atomic mass is 32.1. The lowest BCUT2D eigenvalue weighted by Gasteiger charge is -2.16.